The first-order valence-corrected chi connectivity index (χ1v) is 9.67. The Hall–Kier alpha value is -3.20. The van der Waals surface area contributed by atoms with Crippen molar-refractivity contribution in [3.63, 3.8) is 0 Å². The summed E-state index contributed by atoms with van der Waals surface area (Å²) in [6.45, 7) is 1.75. The molecule has 160 valence electrons. The zero-order valence-corrected chi connectivity index (χ0v) is 17.0. The van der Waals surface area contributed by atoms with E-state index in [2.05, 4.69) is 5.32 Å². The Morgan fingerprint density at radius 3 is 2.73 bits per heavy atom. The number of hydrogen-bond donors (Lipinski definition) is 1. The molecular weight excluding hydrogens is 391 g/mol. The second-order valence-corrected chi connectivity index (χ2v) is 7.21. The summed E-state index contributed by atoms with van der Waals surface area (Å²) >= 11 is 0. The molecule has 0 unspecified atom stereocenters. The van der Waals surface area contributed by atoms with Gasteiger partial charge >= 0.3 is 0 Å². The van der Waals surface area contributed by atoms with Crippen molar-refractivity contribution in [3.8, 4) is 5.75 Å². The fourth-order valence-corrected chi connectivity index (χ4v) is 3.26. The molecule has 1 aliphatic heterocycles. The van der Waals surface area contributed by atoms with E-state index in [1.165, 1.54) is 35.0 Å². The smallest absolute Gasteiger partial charge is 0.255 e. The molecule has 30 heavy (non-hydrogen) atoms. The molecule has 0 radical (unpaired) electrons. The number of hydrogen-bond acceptors (Lipinski definition) is 5. The van der Waals surface area contributed by atoms with Crippen LogP contribution in [0.3, 0.4) is 0 Å². The fraction of sp³-hybridized carbons (Fsp3) is 0.381. The Labute approximate surface area is 173 Å². The molecule has 1 fully saturated rings. The topological polar surface area (TPSA) is 83.9 Å². The van der Waals surface area contributed by atoms with Crippen molar-refractivity contribution >= 4 is 11.8 Å². The molecule has 1 saturated heterocycles. The number of carbonyl (C=O) groups excluding carboxylic acids is 2. The van der Waals surface area contributed by atoms with Gasteiger partial charge in [0.05, 0.1) is 12.1 Å². The van der Waals surface area contributed by atoms with Crippen LogP contribution >= 0.6 is 0 Å². The summed E-state index contributed by atoms with van der Waals surface area (Å²) in [6.07, 6.45) is 1.50. The van der Waals surface area contributed by atoms with Gasteiger partial charge in [0.15, 0.2) is 0 Å². The van der Waals surface area contributed by atoms with Gasteiger partial charge in [0, 0.05) is 45.0 Å². The van der Waals surface area contributed by atoms with Crippen LogP contribution in [0.2, 0.25) is 0 Å². The minimum absolute atomic E-state index is 0.192. The lowest BCUT2D eigenvalue weighted by molar-refractivity contribution is -0.127. The van der Waals surface area contributed by atoms with E-state index in [1.54, 1.807) is 24.1 Å². The van der Waals surface area contributed by atoms with E-state index in [9.17, 15) is 18.8 Å². The van der Waals surface area contributed by atoms with Crippen LogP contribution in [0.15, 0.2) is 47.4 Å². The number of nitrogens with one attached hydrogen (secondary N) is 1. The van der Waals surface area contributed by atoms with Crippen molar-refractivity contribution in [2.45, 2.75) is 6.04 Å². The van der Waals surface area contributed by atoms with Gasteiger partial charge in [0.25, 0.3) is 5.91 Å². The van der Waals surface area contributed by atoms with E-state index in [4.69, 9.17) is 4.74 Å². The Morgan fingerprint density at radius 1 is 1.20 bits per heavy atom. The second kappa shape index (κ2) is 9.53. The Balaban J connectivity index is 1.54. The standard InChI is InChI=1S/C21H25FN4O4/c1-24-9-10-26(21(29)15-6-7-19(27)25(2)13-15)14-18(24)20(28)23-8-11-30-17-5-3-4-16(22)12-17/h3-7,12-13,18H,8-11,14H2,1-2H3,(H,23,28)/t18-/m1/s1. The average molecular weight is 416 g/mol. The monoisotopic (exact) mass is 416 g/mol. The van der Waals surface area contributed by atoms with E-state index < -0.39 is 6.04 Å². The number of aryl methyl sites for hydroxylation is 1. The van der Waals surface area contributed by atoms with Gasteiger partial charge in [0.2, 0.25) is 11.5 Å². The molecule has 1 aromatic carbocycles. The third-order valence-corrected chi connectivity index (χ3v) is 5.04. The van der Waals surface area contributed by atoms with Gasteiger partial charge < -0.3 is 19.5 Å². The molecule has 2 aromatic rings. The number of rotatable bonds is 6. The predicted molar refractivity (Wildman–Crippen MR) is 109 cm³/mol. The number of pyridine rings is 1. The Morgan fingerprint density at radius 2 is 2.00 bits per heavy atom. The SMILES string of the molecule is CN1CCN(C(=O)c2ccc(=O)n(C)c2)C[C@@H]1C(=O)NCCOc1cccc(F)c1. The number of benzene rings is 1. The van der Waals surface area contributed by atoms with E-state index in [0.717, 1.165) is 0 Å². The minimum atomic E-state index is -0.496. The molecule has 8 nitrogen and oxygen atoms in total. The summed E-state index contributed by atoms with van der Waals surface area (Å²) in [6, 6.07) is 8.16. The molecule has 9 heteroatoms. The minimum Gasteiger partial charge on any atom is -0.492 e. The fourth-order valence-electron chi connectivity index (χ4n) is 3.26. The van der Waals surface area contributed by atoms with Crippen LogP contribution in [0.5, 0.6) is 5.75 Å². The first-order valence-electron chi connectivity index (χ1n) is 9.67. The Kier molecular flexibility index (Phi) is 6.83. The van der Waals surface area contributed by atoms with Crippen LogP contribution < -0.4 is 15.6 Å². The summed E-state index contributed by atoms with van der Waals surface area (Å²) in [5.41, 5.74) is 0.215. The third-order valence-electron chi connectivity index (χ3n) is 5.04. The van der Waals surface area contributed by atoms with Crippen molar-refractivity contribution < 1.29 is 18.7 Å². The number of amides is 2. The average Bonchev–Trinajstić information content (AvgIpc) is 2.73. The van der Waals surface area contributed by atoms with E-state index >= 15 is 0 Å². The van der Waals surface area contributed by atoms with Crippen LogP contribution in [-0.4, -0.2) is 72.1 Å². The molecule has 3 rings (SSSR count). The van der Waals surface area contributed by atoms with Crippen LogP contribution in [0.1, 0.15) is 10.4 Å². The van der Waals surface area contributed by atoms with Gasteiger partial charge in [-0.1, -0.05) is 6.07 Å². The molecule has 1 atom stereocenters. The molecule has 0 aliphatic carbocycles. The number of carbonyl (C=O) groups is 2. The molecule has 1 aromatic heterocycles. The molecule has 0 spiro atoms. The van der Waals surface area contributed by atoms with Crippen molar-refractivity contribution in [2.75, 3.05) is 39.8 Å². The van der Waals surface area contributed by atoms with Gasteiger partial charge in [0.1, 0.15) is 24.2 Å². The highest BCUT2D eigenvalue weighted by Gasteiger charge is 2.32. The highest BCUT2D eigenvalue weighted by molar-refractivity contribution is 5.94. The maximum atomic E-state index is 13.2. The molecule has 1 N–H and O–H groups in total. The summed E-state index contributed by atoms with van der Waals surface area (Å²) in [5, 5.41) is 2.80. The molecule has 2 heterocycles. The summed E-state index contributed by atoms with van der Waals surface area (Å²) in [4.78, 5) is 40.5. The second-order valence-electron chi connectivity index (χ2n) is 7.21. The zero-order valence-electron chi connectivity index (χ0n) is 17.0. The van der Waals surface area contributed by atoms with Gasteiger partial charge in [-0.2, -0.15) is 0 Å². The molecule has 1 aliphatic rings. The molecule has 2 amide bonds. The zero-order chi connectivity index (χ0) is 21.7. The van der Waals surface area contributed by atoms with Crippen LogP contribution in [0.4, 0.5) is 4.39 Å². The number of halogens is 1. The quantitative estimate of drug-likeness (QED) is 0.693. The number of aromatic nitrogens is 1. The van der Waals surface area contributed by atoms with Crippen LogP contribution in [-0.2, 0) is 11.8 Å². The highest BCUT2D eigenvalue weighted by Crippen LogP contribution is 2.13. The van der Waals surface area contributed by atoms with E-state index in [0.29, 0.717) is 24.4 Å². The number of piperazine rings is 1. The summed E-state index contributed by atoms with van der Waals surface area (Å²) in [7, 11) is 3.42. The van der Waals surface area contributed by atoms with Crippen molar-refractivity contribution in [1.29, 1.82) is 0 Å². The lowest BCUT2D eigenvalue weighted by atomic mass is 10.1. The van der Waals surface area contributed by atoms with Crippen LogP contribution in [0.25, 0.3) is 0 Å². The summed E-state index contributed by atoms with van der Waals surface area (Å²) < 4.78 is 19.9. The number of nitrogens with zero attached hydrogens (tertiary/aromatic N) is 3. The molecule has 0 bridgehead atoms. The first-order chi connectivity index (χ1) is 14.3. The third kappa shape index (κ3) is 5.24. The normalized spacial score (nSPS) is 16.9. The van der Waals surface area contributed by atoms with Gasteiger partial charge in [-0.25, -0.2) is 4.39 Å². The van der Waals surface area contributed by atoms with Crippen molar-refractivity contribution in [2.24, 2.45) is 7.05 Å². The maximum absolute atomic E-state index is 13.2. The van der Waals surface area contributed by atoms with Gasteiger partial charge in [-0.3, -0.25) is 19.3 Å². The first kappa shape index (κ1) is 21.5. The van der Waals surface area contributed by atoms with E-state index in [-0.39, 0.29) is 42.9 Å². The highest BCUT2D eigenvalue weighted by atomic mass is 19.1. The van der Waals surface area contributed by atoms with Gasteiger partial charge in [-0.15, -0.1) is 0 Å². The maximum Gasteiger partial charge on any atom is 0.255 e. The van der Waals surface area contributed by atoms with Crippen molar-refractivity contribution in [1.82, 2.24) is 19.7 Å². The lowest BCUT2D eigenvalue weighted by Gasteiger charge is -2.38. The largest absolute Gasteiger partial charge is 0.492 e. The predicted octanol–water partition coefficient (Wildman–Crippen LogP) is 0.476. The number of likely N-dealkylation sites (N-methyl/N-ethyl adjacent to an activating group) is 1. The van der Waals surface area contributed by atoms with E-state index in [1.807, 2.05) is 11.9 Å². The molecular formula is C21H25FN4O4. The Bertz CT molecular complexity index is 977. The lowest BCUT2D eigenvalue weighted by Crippen LogP contribution is -2.59. The molecule has 0 saturated carbocycles. The number of ether oxygens (including phenoxy) is 1. The summed E-state index contributed by atoms with van der Waals surface area (Å²) in [5.74, 6) is -0.416. The van der Waals surface area contributed by atoms with Gasteiger partial charge in [-0.05, 0) is 25.2 Å². The van der Waals surface area contributed by atoms with Crippen molar-refractivity contribution in [3.05, 3.63) is 64.3 Å². The van der Waals surface area contributed by atoms with Crippen LogP contribution in [0, 0.1) is 5.82 Å².